The highest BCUT2D eigenvalue weighted by molar-refractivity contribution is 8.00. The number of nitrogens with one attached hydrogen (secondary N) is 1. The van der Waals surface area contributed by atoms with Crippen molar-refractivity contribution in [1.82, 2.24) is 19.6 Å². The number of para-hydroxylation sites is 1. The molecule has 3 heterocycles. The van der Waals surface area contributed by atoms with Gasteiger partial charge < -0.3 is 9.73 Å². The second-order valence-electron chi connectivity index (χ2n) is 8.12. The van der Waals surface area contributed by atoms with Gasteiger partial charge in [-0.3, -0.25) is 14.3 Å². The molecule has 2 atom stereocenters. The van der Waals surface area contributed by atoms with Crippen LogP contribution in [0.4, 0.5) is 5.69 Å². The van der Waals surface area contributed by atoms with Crippen molar-refractivity contribution < 1.29 is 17.6 Å². The monoisotopic (exact) mass is 491 g/mol. The van der Waals surface area contributed by atoms with Gasteiger partial charge in [-0.25, -0.2) is 13.1 Å². The summed E-state index contributed by atoms with van der Waals surface area (Å²) < 4.78 is 32.0. The van der Waals surface area contributed by atoms with E-state index in [2.05, 4.69) is 15.5 Å². The molecule has 3 aromatic rings. The standard InChI is InChI=1S/C21H25N5O5S2/c1-13-18(20(28)26(25(13)3)16-7-5-4-6-8-16)22-19(27)14(2)32-21-24-23-17(31-21)11-15-9-10-33(29,30)12-15/h4-8,14-15H,9-12H2,1-3H3,(H,22,27)/t14-,15+/m1/s1. The average molecular weight is 492 g/mol. The van der Waals surface area contributed by atoms with Crippen molar-refractivity contribution in [2.75, 3.05) is 16.8 Å². The molecular weight excluding hydrogens is 466 g/mol. The number of benzene rings is 1. The highest BCUT2D eigenvalue weighted by atomic mass is 32.2. The van der Waals surface area contributed by atoms with Crippen molar-refractivity contribution in [2.45, 2.75) is 37.2 Å². The molecule has 0 saturated carbocycles. The molecule has 1 N–H and O–H groups in total. The van der Waals surface area contributed by atoms with Crippen LogP contribution < -0.4 is 10.9 Å². The summed E-state index contributed by atoms with van der Waals surface area (Å²) in [6.07, 6.45) is 0.985. The van der Waals surface area contributed by atoms with E-state index in [1.807, 2.05) is 30.3 Å². The zero-order chi connectivity index (χ0) is 23.8. The van der Waals surface area contributed by atoms with E-state index in [0.717, 1.165) is 11.8 Å². The lowest BCUT2D eigenvalue weighted by Gasteiger charge is -2.09. The number of carbonyl (C=O) groups excluding carboxylic acids is 1. The van der Waals surface area contributed by atoms with E-state index in [-0.39, 0.29) is 39.8 Å². The number of amides is 1. The molecule has 0 spiro atoms. The Morgan fingerprint density at radius 3 is 2.70 bits per heavy atom. The molecule has 33 heavy (non-hydrogen) atoms. The van der Waals surface area contributed by atoms with Crippen LogP contribution in [0.15, 0.2) is 44.8 Å². The fourth-order valence-electron chi connectivity index (χ4n) is 3.79. The predicted molar refractivity (Wildman–Crippen MR) is 124 cm³/mol. The molecule has 0 unspecified atom stereocenters. The molecule has 12 heteroatoms. The summed E-state index contributed by atoms with van der Waals surface area (Å²) in [7, 11) is -1.21. The molecule has 10 nitrogen and oxygen atoms in total. The van der Waals surface area contributed by atoms with E-state index < -0.39 is 15.1 Å². The first-order valence-corrected chi connectivity index (χ1v) is 13.2. The van der Waals surface area contributed by atoms with Gasteiger partial charge in [0, 0.05) is 13.5 Å². The van der Waals surface area contributed by atoms with E-state index in [4.69, 9.17) is 4.42 Å². The second-order valence-corrected chi connectivity index (χ2v) is 11.6. The molecule has 1 aliphatic heterocycles. The molecule has 1 amide bonds. The third-order valence-corrected chi connectivity index (χ3v) is 8.46. The number of nitrogens with zero attached hydrogens (tertiary/aromatic N) is 4. The first kappa shape index (κ1) is 23.3. The minimum Gasteiger partial charge on any atom is -0.416 e. The van der Waals surface area contributed by atoms with Crippen molar-refractivity contribution in [3.8, 4) is 5.69 Å². The number of thioether (sulfide) groups is 1. The molecule has 4 rings (SSSR count). The summed E-state index contributed by atoms with van der Waals surface area (Å²) in [5.41, 5.74) is 1.22. The van der Waals surface area contributed by atoms with E-state index in [1.165, 1.54) is 4.68 Å². The maximum atomic E-state index is 13.0. The number of anilines is 1. The number of hydrogen-bond acceptors (Lipinski definition) is 8. The number of hydrogen-bond donors (Lipinski definition) is 1. The summed E-state index contributed by atoms with van der Waals surface area (Å²) in [4.78, 5) is 25.8. The molecule has 2 aromatic heterocycles. The zero-order valence-corrected chi connectivity index (χ0v) is 20.1. The molecule has 0 bridgehead atoms. The molecule has 0 radical (unpaired) electrons. The van der Waals surface area contributed by atoms with Gasteiger partial charge in [0.2, 0.25) is 11.8 Å². The number of aromatic nitrogens is 4. The van der Waals surface area contributed by atoms with Crippen LogP contribution in [0, 0.1) is 12.8 Å². The van der Waals surface area contributed by atoms with Crippen molar-refractivity contribution in [3.63, 3.8) is 0 Å². The van der Waals surface area contributed by atoms with Gasteiger partial charge in [-0.15, -0.1) is 10.2 Å². The van der Waals surface area contributed by atoms with Crippen LogP contribution in [0.2, 0.25) is 0 Å². The Hall–Kier alpha value is -2.86. The molecular formula is C21H25N5O5S2. The minimum atomic E-state index is -2.97. The Balaban J connectivity index is 1.42. The molecule has 1 saturated heterocycles. The lowest BCUT2D eigenvalue weighted by atomic mass is 10.1. The minimum absolute atomic E-state index is 0.0261. The summed E-state index contributed by atoms with van der Waals surface area (Å²) in [5, 5.41) is 10.3. The highest BCUT2D eigenvalue weighted by Crippen LogP contribution is 2.26. The fourth-order valence-corrected chi connectivity index (χ4v) is 6.35. The van der Waals surface area contributed by atoms with Crippen molar-refractivity contribution >= 4 is 33.2 Å². The Morgan fingerprint density at radius 1 is 1.30 bits per heavy atom. The molecule has 1 aliphatic rings. The maximum Gasteiger partial charge on any atom is 0.295 e. The van der Waals surface area contributed by atoms with Crippen LogP contribution in [-0.2, 0) is 28.1 Å². The second kappa shape index (κ2) is 9.18. The number of rotatable bonds is 7. The van der Waals surface area contributed by atoms with Crippen LogP contribution >= 0.6 is 11.8 Å². The topological polar surface area (TPSA) is 129 Å². The van der Waals surface area contributed by atoms with Crippen molar-refractivity contribution in [3.05, 3.63) is 52.3 Å². The molecule has 1 fully saturated rings. The van der Waals surface area contributed by atoms with Gasteiger partial charge in [-0.2, -0.15) is 0 Å². The molecule has 0 aliphatic carbocycles. The van der Waals surface area contributed by atoms with Crippen LogP contribution in [-0.4, -0.2) is 50.6 Å². The largest absolute Gasteiger partial charge is 0.416 e. The van der Waals surface area contributed by atoms with Crippen LogP contribution in [0.5, 0.6) is 0 Å². The van der Waals surface area contributed by atoms with Crippen molar-refractivity contribution in [1.29, 1.82) is 0 Å². The Kier molecular flexibility index (Phi) is 6.48. The maximum absolute atomic E-state index is 13.0. The van der Waals surface area contributed by atoms with Crippen LogP contribution in [0.3, 0.4) is 0 Å². The quantitative estimate of drug-likeness (QED) is 0.497. The van der Waals surface area contributed by atoms with E-state index in [1.54, 1.807) is 25.6 Å². The summed E-state index contributed by atoms with van der Waals surface area (Å²) in [6, 6.07) is 9.18. The van der Waals surface area contributed by atoms with Gasteiger partial charge in [0.05, 0.1) is 28.1 Å². The van der Waals surface area contributed by atoms with Gasteiger partial charge in [-0.1, -0.05) is 30.0 Å². The third-order valence-electron chi connectivity index (χ3n) is 5.69. The van der Waals surface area contributed by atoms with Crippen LogP contribution in [0.25, 0.3) is 5.69 Å². The highest BCUT2D eigenvalue weighted by Gasteiger charge is 2.30. The first-order valence-electron chi connectivity index (χ1n) is 10.5. The van der Waals surface area contributed by atoms with E-state index >= 15 is 0 Å². The lowest BCUT2D eigenvalue weighted by Crippen LogP contribution is -2.27. The summed E-state index contributed by atoms with van der Waals surface area (Å²) in [6.45, 7) is 3.45. The molecule has 176 valence electrons. The van der Waals surface area contributed by atoms with Gasteiger partial charge >= 0.3 is 0 Å². The van der Waals surface area contributed by atoms with Gasteiger partial charge in [0.15, 0.2) is 9.84 Å². The Labute approximate surface area is 195 Å². The first-order chi connectivity index (χ1) is 15.6. The lowest BCUT2D eigenvalue weighted by molar-refractivity contribution is -0.115. The smallest absolute Gasteiger partial charge is 0.295 e. The predicted octanol–water partition coefficient (Wildman–Crippen LogP) is 1.96. The number of carbonyl (C=O) groups is 1. The Bertz CT molecular complexity index is 1330. The van der Waals surface area contributed by atoms with Gasteiger partial charge in [-0.05, 0) is 38.3 Å². The summed E-state index contributed by atoms with van der Waals surface area (Å²) in [5.74, 6) is 0.287. The molecule has 1 aromatic carbocycles. The van der Waals surface area contributed by atoms with Gasteiger partial charge in [0.25, 0.3) is 10.8 Å². The third kappa shape index (κ3) is 5.06. The number of sulfone groups is 1. The van der Waals surface area contributed by atoms with Gasteiger partial charge in [0.1, 0.15) is 5.69 Å². The van der Waals surface area contributed by atoms with E-state index in [9.17, 15) is 18.0 Å². The van der Waals surface area contributed by atoms with Crippen LogP contribution in [0.1, 0.15) is 24.9 Å². The van der Waals surface area contributed by atoms with E-state index in [0.29, 0.717) is 30.1 Å². The Morgan fingerprint density at radius 2 is 2.03 bits per heavy atom. The zero-order valence-electron chi connectivity index (χ0n) is 18.5. The fraction of sp³-hybridized carbons (Fsp3) is 0.429. The normalized spacial score (nSPS) is 18.3. The summed E-state index contributed by atoms with van der Waals surface area (Å²) >= 11 is 1.08. The SMILES string of the molecule is Cc1c(NC(=O)[C@@H](C)Sc2nnc(C[C@@H]3CCS(=O)(=O)C3)o2)c(=O)n(-c2ccccc2)n1C. The average Bonchev–Trinajstić information content (AvgIpc) is 3.42. The van der Waals surface area contributed by atoms with Crippen molar-refractivity contribution in [2.24, 2.45) is 13.0 Å².